The highest BCUT2D eigenvalue weighted by Gasteiger charge is 2.44. The van der Waals surface area contributed by atoms with Crippen molar-refractivity contribution in [3.05, 3.63) is 65.2 Å². The number of anilines is 1. The maximum atomic E-state index is 13.7. The maximum Gasteiger partial charge on any atom is 0.303 e. The molecule has 49 heavy (non-hydrogen) atoms. The Bertz CT molecular complexity index is 1390. The summed E-state index contributed by atoms with van der Waals surface area (Å²) in [5, 5.41) is 24.6. The number of ether oxygens (including phenoxy) is 2. The first kappa shape index (κ1) is 37.0. The SMILES string of the molecule is CC(C)(C)NC(=O)[C@H]1CC[C@H]2CCCC[C@H]2N1C[C@H]1C[C@@H](c2ccc(CO)cc2)O[C@@H](c2ccc(NC(=O)CCCCCC(=O)O)cc2)O1. The molecule has 1 aliphatic carbocycles. The van der Waals surface area contributed by atoms with Gasteiger partial charge in [0.05, 0.1) is 24.9 Å². The van der Waals surface area contributed by atoms with Gasteiger partial charge in [0.15, 0.2) is 6.29 Å². The van der Waals surface area contributed by atoms with E-state index in [9.17, 15) is 19.5 Å². The molecule has 0 aromatic heterocycles. The number of aliphatic hydroxyl groups excluding tert-OH is 1. The van der Waals surface area contributed by atoms with Gasteiger partial charge in [0.25, 0.3) is 0 Å². The van der Waals surface area contributed by atoms with Crippen LogP contribution in [0.4, 0.5) is 5.69 Å². The van der Waals surface area contributed by atoms with Crippen LogP contribution in [0.15, 0.2) is 48.5 Å². The van der Waals surface area contributed by atoms with E-state index in [1.165, 1.54) is 19.3 Å². The van der Waals surface area contributed by atoms with Crippen molar-refractivity contribution in [2.24, 2.45) is 5.92 Å². The first-order chi connectivity index (χ1) is 23.5. The summed E-state index contributed by atoms with van der Waals surface area (Å²) < 4.78 is 13.3. The Balaban J connectivity index is 1.32. The lowest BCUT2D eigenvalue weighted by Crippen LogP contribution is -2.61. The second-order valence-corrected chi connectivity index (χ2v) is 15.1. The molecule has 4 N–H and O–H groups in total. The van der Waals surface area contributed by atoms with Gasteiger partial charge in [-0.25, -0.2) is 0 Å². The predicted octanol–water partition coefficient (Wildman–Crippen LogP) is 6.64. The molecular weight excluding hydrogens is 622 g/mol. The molecule has 10 nitrogen and oxygen atoms in total. The highest BCUT2D eigenvalue weighted by Crippen LogP contribution is 2.42. The van der Waals surface area contributed by atoms with E-state index in [2.05, 4.69) is 15.5 Å². The lowest BCUT2D eigenvalue weighted by Gasteiger charge is -2.50. The topological polar surface area (TPSA) is 137 Å². The van der Waals surface area contributed by atoms with Crippen molar-refractivity contribution in [2.45, 2.75) is 141 Å². The molecule has 2 aromatic rings. The number of carboxylic acid groups (broad SMARTS) is 1. The van der Waals surface area contributed by atoms with Crippen LogP contribution in [0.25, 0.3) is 0 Å². The molecule has 2 saturated heterocycles. The Morgan fingerprint density at radius 1 is 0.857 bits per heavy atom. The summed E-state index contributed by atoms with van der Waals surface area (Å²) in [4.78, 5) is 39.4. The number of carboxylic acids is 1. The van der Waals surface area contributed by atoms with Crippen molar-refractivity contribution in [2.75, 3.05) is 11.9 Å². The van der Waals surface area contributed by atoms with Gasteiger partial charge in [-0.3, -0.25) is 19.3 Å². The number of fused-ring (bicyclic) bond motifs is 1. The molecule has 6 atom stereocenters. The molecule has 0 radical (unpaired) electrons. The predicted molar refractivity (Wildman–Crippen MR) is 188 cm³/mol. The Labute approximate surface area is 290 Å². The highest BCUT2D eigenvalue weighted by molar-refractivity contribution is 5.90. The Morgan fingerprint density at radius 2 is 1.55 bits per heavy atom. The quantitative estimate of drug-likeness (QED) is 0.173. The second-order valence-electron chi connectivity index (χ2n) is 15.1. The van der Waals surface area contributed by atoms with E-state index in [-0.39, 0.29) is 48.6 Å². The highest BCUT2D eigenvalue weighted by atomic mass is 16.7. The molecule has 2 aromatic carbocycles. The van der Waals surface area contributed by atoms with Crippen molar-refractivity contribution in [3.8, 4) is 0 Å². The number of carbonyl (C=O) groups excluding carboxylic acids is 2. The van der Waals surface area contributed by atoms with Crippen LogP contribution in [0.2, 0.25) is 0 Å². The van der Waals surface area contributed by atoms with Gasteiger partial charge in [-0.1, -0.05) is 55.7 Å². The van der Waals surface area contributed by atoms with E-state index in [4.69, 9.17) is 14.6 Å². The van der Waals surface area contributed by atoms with Gasteiger partial charge in [0, 0.05) is 48.6 Å². The number of aliphatic carboxylic acids is 1. The van der Waals surface area contributed by atoms with Crippen LogP contribution in [0.3, 0.4) is 0 Å². The van der Waals surface area contributed by atoms with Crippen LogP contribution in [0, 0.1) is 5.92 Å². The normalized spacial score (nSPS) is 26.0. The first-order valence-electron chi connectivity index (χ1n) is 18.2. The fourth-order valence-corrected chi connectivity index (χ4v) is 7.68. The Morgan fingerprint density at radius 3 is 2.24 bits per heavy atom. The number of benzene rings is 2. The monoisotopic (exact) mass is 677 g/mol. The average Bonchev–Trinajstić information content (AvgIpc) is 3.07. The third kappa shape index (κ3) is 10.6. The van der Waals surface area contributed by atoms with E-state index in [1.807, 2.05) is 69.3 Å². The number of carbonyl (C=O) groups is 3. The zero-order valence-electron chi connectivity index (χ0n) is 29.4. The number of nitrogens with one attached hydrogen (secondary N) is 2. The van der Waals surface area contributed by atoms with E-state index in [0.717, 1.165) is 36.0 Å². The van der Waals surface area contributed by atoms with E-state index in [1.54, 1.807) is 0 Å². The number of unbranched alkanes of at least 4 members (excludes halogenated alkanes) is 2. The zero-order chi connectivity index (χ0) is 35.0. The fraction of sp³-hybridized carbons (Fsp3) is 0.615. The maximum absolute atomic E-state index is 13.7. The number of hydrogen-bond acceptors (Lipinski definition) is 7. The molecule has 268 valence electrons. The molecule has 3 aliphatic rings. The lowest BCUT2D eigenvalue weighted by atomic mass is 9.75. The second kappa shape index (κ2) is 17.1. The summed E-state index contributed by atoms with van der Waals surface area (Å²) in [6, 6.07) is 15.5. The molecule has 0 unspecified atom stereocenters. The third-order valence-electron chi connectivity index (χ3n) is 10.1. The minimum atomic E-state index is -0.815. The molecule has 10 heteroatoms. The summed E-state index contributed by atoms with van der Waals surface area (Å²) in [5.41, 5.74) is 3.05. The molecular formula is C39H55N3O7. The summed E-state index contributed by atoms with van der Waals surface area (Å²) in [6.07, 6.45) is 8.57. The number of amides is 2. The van der Waals surface area contributed by atoms with E-state index < -0.39 is 12.3 Å². The van der Waals surface area contributed by atoms with Gasteiger partial charge in [0.1, 0.15) is 0 Å². The molecule has 0 bridgehead atoms. The number of likely N-dealkylation sites (tertiary alicyclic amines) is 1. The average molecular weight is 678 g/mol. The van der Waals surface area contributed by atoms with Gasteiger partial charge < -0.3 is 30.3 Å². The van der Waals surface area contributed by atoms with Crippen LogP contribution in [0.1, 0.15) is 127 Å². The molecule has 0 spiro atoms. The summed E-state index contributed by atoms with van der Waals surface area (Å²) >= 11 is 0. The van der Waals surface area contributed by atoms with Gasteiger partial charge in [-0.05, 0) is 88.5 Å². The minimum absolute atomic E-state index is 0.0245. The van der Waals surface area contributed by atoms with Crippen molar-refractivity contribution in [1.82, 2.24) is 10.2 Å². The van der Waals surface area contributed by atoms with Crippen molar-refractivity contribution < 1.29 is 34.1 Å². The molecule has 2 aliphatic heterocycles. The third-order valence-corrected chi connectivity index (χ3v) is 10.1. The van der Waals surface area contributed by atoms with E-state index in [0.29, 0.717) is 56.3 Å². The number of aliphatic hydroxyl groups is 1. The van der Waals surface area contributed by atoms with Gasteiger partial charge in [-0.2, -0.15) is 0 Å². The lowest BCUT2D eigenvalue weighted by molar-refractivity contribution is -0.255. The van der Waals surface area contributed by atoms with Crippen LogP contribution >= 0.6 is 0 Å². The molecule has 3 fully saturated rings. The van der Waals surface area contributed by atoms with E-state index >= 15 is 0 Å². The standard InChI is InChI=1S/C39H55N3O7/c1-39(2,3)41-37(47)33-22-19-27-9-7-8-10-32(27)42(33)24-31-23-34(28-15-13-26(25-43)14-16-28)49-38(48-31)29-17-20-30(21-18-29)40-35(44)11-5-4-6-12-36(45)46/h13-18,20-21,27,31-34,38,43H,4-12,19,22-25H2,1-3H3,(H,40,44)(H,41,47)(H,45,46)/t27-,31-,32-,33-,34+,38+/m1/s1. The number of rotatable bonds is 13. The number of hydrogen-bond donors (Lipinski definition) is 4. The first-order valence-corrected chi connectivity index (χ1v) is 18.2. The molecule has 1 saturated carbocycles. The zero-order valence-corrected chi connectivity index (χ0v) is 29.4. The molecule has 2 heterocycles. The van der Waals surface area contributed by atoms with Gasteiger partial charge in [0.2, 0.25) is 11.8 Å². The molecule has 2 amide bonds. The van der Waals surface area contributed by atoms with Crippen LogP contribution < -0.4 is 10.6 Å². The Hall–Kier alpha value is -3.31. The fourth-order valence-electron chi connectivity index (χ4n) is 7.68. The van der Waals surface area contributed by atoms with Crippen molar-refractivity contribution in [3.63, 3.8) is 0 Å². The summed E-state index contributed by atoms with van der Waals surface area (Å²) in [6.45, 7) is 6.70. The van der Waals surface area contributed by atoms with Gasteiger partial charge >= 0.3 is 5.97 Å². The minimum Gasteiger partial charge on any atom is -0.481 e. The largest absolute Gasteiger partial charge is 0.481 e. The number of piperidine rings is 1. The summed E-state index contributed by atoms with van der Waals surface area (Å²) in [7, 11) is 0. The van der Waals surface area contributed by atoms with Crippen molar-refractivity contribution >= 4 is 23.5 Å². The van der Waals surface area contributed by atoms with Crippen LogP contribution in [-0.4, -0.2) is 63.2 Å². The van der Waals surface area contributed by atoms with Gasteiger partial charge in [-0.15, -0.1) is 0 Å². The molecule has 5 rings (SSSR count). The smallest absolute Gasteiger partial charge is 0.303 e. The van der Waals surface area contributed by atoms with Crippen molar-refractivity contribution in [1.29, 1.82) is 0 Å². The van der Waals surface area contributed by atoms with Crippen LogP contribution in [-0.2, 0) is 30.5 Å². The Kier molecular flexibility index (Phi) is 12.9. The summed E-state index contributed by atoms with van der Waals surface area (Å²) in [5.74, 6) is -0.233. The van der Waals surface area contributed by atoms with Crippen LogP contribution in [0.5, 0.6) is 0 Å². The number of nitrogens with zero attached hydrogens (tertiary/aromatic N) is 1.